The molecular weight excluding hydrogens is 615 g/mol. The van der Waals surface area contributed by atoms with E-state index >= 15 is 0 Å². The summed E-state index contributed by atoms with van der Waals surface area (Å²) in [6, 6.07) is 30.6. The van der Waals surface area contributed by atoms with E-state index in [4.69, 9.17) is 4.74 Å². The number of anilines is 1. The smallest absolute Gasteiger partial charge is 0.228 e. The molecule has 1 fully saturated rings. The van der Waals surface area contributed by atoms with Crippen molar-refractivity contribution in [3.8, 4) is 39.4 Å². The second-order valence-corrected chi connectivity index (χ2v) is 12.5. The van der Waals surface area contributed by atoms with Crippen LogP contribution in [-0.2, 0) is 11.2 Å². The molecule has 0 bridgehead atoms. The lowest BCUT2D eigenvalue weighted by molar-refractivity contribution is -0.115. The molecule has 0 spiro atoms. The zero-order chi connectivity index (χ0) is 33.2. The largest absolute Gasteiger partial charge is 0.492 e. The van der Waals surface area contributed by atoms with Crippen LogP contribution in [-0.4, -0.2) is 57.2 Å². The second kappa shape index (κ2) is 13.4. The zero-order valence-electron chi connectivity index (χ0n) is 26.9. The van der Waals surface area contributed by atoms with Gasteiger partial charge in [0.2, 0.25) is 5.91 Å². The van der Waals surface area contributed by atoms with Gasteiger partial charge in [-0.05, 0) is 90.6 Å². The van der Waals surface area contributed by atoms with E-state index in [0.29, 0.717) is 18.0 Å². The van der Waals surface area contributed by atoms with Gasteiger partial charge in [-0.15, -0.1) is 0 Å². The van der Waals surface area contributed by atoms with Crippen LogP contribution in [0.2, 0.25) is 0 Å². The number of ether oxygens (including phenoxy) is 1. The molecule has 1 aliphatic heterocycles. The van der Waals surface area contributed by atoms with Crippen LogP contribution >= 0.6 is 0 Å². The van der Waals surface area contributed by atoms with Crippen LogP contribution in [0.1, 0.15) is 18.4 Å². The van der Waals surface area contributed by atoms with Crippen molar-refractivity contribution in [2.45, 2.75) is 19.3 Å². The number of aromatic amines is 2. The van der Waals surface area contributed by atoms with E-state index in [1.807, 2.05) is 72.8 Å². The van der Waals surface area contributed by atoms with Crippen LogP contribution in [0.5, 0.6) is 5.75 Å². The Morgan fingerprint density at radius 1 is 0.837 bits per heavy atom. The number of H-pyrrole nitrogens is 2. The average Bonchev–Trinajstić information content (AvgIpc) is 3.88. The van der Waals surface area contributed by atoms with Crippen LogP contribution < -0.4 is 10.1 Å². The highest BCUT2D eigenvalue weighted by Gasteiger charge is 2.16. The number of benzene rings is 4. The Hall–Kier alpha value is -5.80. The van der Waals surface area contributed by atoms with Gasteiger partial charge in [-0.25, -0.2) is 4.39 Å². The molecule has 4 aromatic carbocycles. The molecule has 1 aliphatic rings. The topological polar surface area (TPSA) is 98.9 Å². The van der Waals surface area contributed by atoms with Crippen molar-refractivity contribution in [2.75, 3.05) is 31.6 Å². The molecule has 3 aromatic heterocycles. The third-order valence-corrected chi connectivity index (χ3v) is 9.10. The van der Waals surface area contributed by atoms with Crippen LogP contribution in [0, 0.1) is 5.82 Å². The molecule has 9 heteroatoms. The van der Waals surface area contributed by atoms with Gasteiger partial charge in [0.1, 0.15) is 23.9 Å². The Morgan fingerprint density at radius 2 is 1.71 bits per heavy atom. The fraction of sp³-hybridized carbons (Fsp3) is 0.175. The predicted molar refractivity (Wildman–Crippen MR) is 192 cm³/mol. The van der Waals surface area contributed by atoms with Crippen LogP contribution in [0.4, 0.5) is 10.1 Å². The summed E-state index contributed by atoms with van der Waals surface area (Å²) in [4.78, 5) is 23.0. The van der Waals surface area contributed by atoms with E-state index in [1.165, 1.54) is 18.9 Å². The molecule has 1 amide bonds. The van der Waals surface area contributed by atoms with Crippen molar-refractivity contribution in [1.82, 2.24) is 25.1 Å². The van der Waals surface area contributed by atoms with Gasteiger partial charge >= 0.3 is 0 Å². The minimum Gasteiger partial charge on any atom is -0.492 e. The first-order valence-corrected chi connectivity index (χ1v) is 16.6. The maximum Gasteiger partial charge on any atom is 0.228 e. The summed E-state index contributed by atoms with van der Waals surface area (Å²) in [5.41, 5.74) is 8.46. The van der Waals surface area contributed by atoms with Crippen LogP contribution in [0.25, 0.3) is 55.4 Å². The van der Waals surface area contributed by atoms with Gasteiger partial charge in [-0.1, -0.05) is 48.5 Å². The van der Waals surface area contributed by atoms with Crippen molar-refractivity contribution in [1.29, 1.82) is 0 Å². The molecule has 0 unspecified atom stereocenters. The Morgan fingerprint density at radius 3 is 2.59 bits per heavy atom. The number of fused-ring (bicyclic) bond motifs is 2. The number of amides is 1. The molecule has 8 nitrogen and oxygen atoms in total. The average molecular weight is 651 g/mol. The zero-order valence-corrected chi connectivity index (χ0v) is 26.9. The van der Waals surface area contributed by atoms with Gasteiger partial charge in [0.25, 0.3) is 0 Å². The molecular formula is C40H35FN6O2. The molecule has 0 atom stereocenters. The molecule has 7 aromatic rings. The van der Waals surface area contributed by atoms with Crippen molar-refractivity contribution in [3.05, 3.63) is 121 Å². The molecule has 4 heterocycles. The normalized spacial score (nSPS) is 13.3. The van der Waals surface area contributed by atoms with E-state index in [0.717, 1.165) is 80.6 Å². The number of likely N-dealkylation sites (tertiary alicyclic amines) is 1. The Kier molecular flexibility index (Phi) is 8.33. The SMILES string of the molecule is O=C(Cc1ccccc1)Nc1cncc(-c2ccc3[nH]nc(-c4cc5c(-c6cc(F)cc(OCCN7CCCC7)c6)cccc5[nH]4)c3c2)c1. The van der Waals surface area contributed by atoms with Gasteiger partial charge in [-0.2, -0.15) is 5.10 Å². The summed E-state index contributed by atoms with van der Waals surface area (Å²) in [5.74, 6) is 0.0964. The van der Waals surface area contributed by atoms with Crippen molar-refractivity contribution < 1.29 is 13.9 Å². The van der Waals surface area contributed by atoms with E-state index in [1.54, 1.807) is 18.5 Å². The Bertz CT molecular complexity index is 2270. The minimum atomic E-state index is -0.332. The number of carbonyl (C=O) groups excluding carboxylic acids is 1. The standard InChI is InChI=1S/C40H35FN6O2/c41-30-18-28(20-32(22-30)49-16-15-47-13-4-5-14-47)33-9-6-10-36-34(33)23-38(44-36)40-35-21-27(11-12-37(35)45-46-40)29-19-31(25-42-24-29)43-39(48)17-26-7-2-1-3-8-26/h1-3,6-12,18-25,44H,4-5,13-17H2,(H,43,48)(H,45,46). The van der Waals surface area contributed by atoms with Gasteiger partial charge in [-0.3, -0.25) is 19.8 Å². The number of hydrogen-bond acceptors (Lipinski definition) is 5. The highest BCUT2D eigenvalue weighted by molar-refractivity contribution is 6.02. The summed E-state index contributed by atoms with van der Waals surface area (Å²) in [7, 11) is 0. The van der Waals surface area contributed by atoms with Gasteiger partial charge in [0.05, 0.1) is 29.5 Å². The van der Waals surface area contributed by atoms with Crippen LogP contribution in [0.3, 0.4) is 0 Å². The maximum absolute atomic E-state index is 14.9. The minimum absolute atomic E-state index is 0.101. The number of rotatable bonds is 10. The Labute approximate surface area is 283 Å². The number of aromatic nitrogens is 4. The highest BCUT2D eigenvalue weighted by Crippen LogP contribution is 2.36. The molecule has 3 N–H and O–H groups in total. The van der Waals surface area contributed by atoms with E-state index in [-0.39, 0.29) is 18.1 Å². The number of hydrogen-bond donors (Lipinski definition) is 3. The molecule has 49 heavy (non-hydrogen) atoms. The molecule has 0 aliphatic carbocycles. The predicted octanol–water partition coefficient (Wildman–Crippen LogP) is 8.24. The first kappa shape index (κ1) is 30.5. The second-order valence-electron chi connectivity index (χ2n) is 12.5. The highest BCUT2D eigenvalue weighted by atomic mass is 19.1. The van der Waals surface area contributed by atoms with Crippen molar-refractivity contribution in [2.24, 2.45) is 0 Å². The number of halogens is 1. The first-order valence-electron chi connectivity index (χ1n) is 16.6. The third-order valence-electron chi connectivity index (χ3n) is 9.10. The van der Waals surface area contributed by atoms with Crippen LogP contribution in [0.15, 0.2) is 109 Å². The Balaban J connectivity index is 1.06. The monoisotopic (exact) mass is 650 g/mol. The van der Waals surface area contributed by atoms with E-state index < -0.39 is 0 Å². The summed E-state index contributed by atoms with van der Waals surface area (Å²) in [6.07, 6.45) is 6.17. The number of nitrogens with one attached hydrogen (secondary N) is 3. The van der Waals surface area contributed by atoms with E-state index in [9.17, 15) is 9.18 Å². The van der Waals surface area contributed by atoms with Crippen molar-refractivity contribution in [3.63, 3.8) is 0 Å². The molecule has 0 radical (unpaired) electrons. The lowest BCUT2D eigenvalue weighted by atomic mass is 10.0. The molecule has 8 rings (SSSR count). The number of carbonyl (C=O) groups is 1. The lowest BCUT2D eigenvalue weighted by Gasteiger charge is -2.15. The molecule has 0 saturated carbocycles. The number of nitrogens with zero attached hydrogens (tertiary/aromatic N) is 3. The van der Waals surface area contributed by atoms with Gasteiger partial charge in [0, 0.05) is 40.7 Å². The quantitative estimate of drug-likeness (QED) is 0.139. The maximum atomic E-state index is 14.9. The molecule has 1 saturated heterocycles. The fourth-order valence-corrected chi connectivity index (χ4v) is 6.69. The summed E-state index contributed by atoms with van der Waals surface area (Å²) < 4.78 is 20.9. The summed E-state index contributed by atoms with van der Waals surface area (Å²) in [6.45, 7) is 3.57. The first-order chi connectivity index (χ1) is 24.1. The van der Waals surface area contributed by atoms with Gasteiger partial charge < -0.3 is 15.0 Å². The van der Waals surface area contributed by atoms with E-state index in [2.05, 4.69) is 42.5 Å². The third kappa shape index (κ3) is 6.66. The summed E-state index contributed by atoms with van der Waals surface area (Å²) in [5, 5.41) is 12.7. The number of pyridine rings is 1. The molecule has 244 valence electrons. The van der Waals surface area contributed by atoms with Gasteiger partial charge in [0.15, 0.2) is 0 Å². The summed E-state index contributed by atoms with van der Waals surface area (Å²) >= 11 is 0. The lowest BCUT2D eigenvalue weighted by Crippen LogP contribution is -2.25. The van der Waals surface area contributed by atoms with Crippen molar-refractivity contribution >= 4 is 33.4 Å². The fourth-order valence-electron chi connectivity index (χ4n) is 6.69.